The van der Waals surface area contributed by atoms with Gasteiger partial charge in [-0.3, -0.25) is 0 Å². The van der Waals surface area contributed by atoms with Crippen molar-refractivity contribution in [1.29, 1.82) is 0 Å². The summed E-state index contributed by atoms with van der Waals surface area (Å²) in [5.74, 6) is 1.16. The summed E-state index contributed by atoms with van der Waals surface area (Å²) in [4.78, 5) is 0. The molecule has 0 bridgehead atoms. The average molecular weight is 244 g/mol. The fourth-order valence-corrected chi connectivity index (χ4v) is 1.87. The van der Waals surface area contributed by atoms with Gasteiger partial charge in [-0.25, -0.2) is 0 Å². The Morgan fingerprint density at radius 2 is 1.94 bits per heavy atom. The first-order chi connectivity index (χ1) is 7.40. The largest absolute Gasteiger partial charge is 0.542 e. The molecule has 0 aliphatic heterocycles. The molecule has 0 fully saturated rings. The van der Waals surface area contributed by atoms with Crippen molar-refractivity contribution in [3.63, 3.8) is 0 Å². The lowest BCUT2D eigenvalue weighted by Gasteiger charge is -2.22. The number of unbranched alkanes of at least 4 members (excludes halogenated alkanes) is 1. The molecular formula is C12H24O3Si. The first-order valence-electron chi connectivity index (χ1n) is 5.64. The molecule has 0 amide bonds. The molecule has 0 saturated heterocycles. The Bertz CT molecular complexity index is 241. The minimum absolute atomic E-state index is 0.567. The third-order valence-electron chi connectivity index (χ3n) is 1.68. The van der Waals surface area contributed by atoms with Gasteiger partial charge in [0.15, 0.2) is 5.76 Å². The van der Waals surface area contributed by atoms with Crippen LogP contribution >= 0.6 is 0 Å². The van der Waals surface area contributed by atoms with E-state index in [1.54, 1.807) is 7.11 Å². The quantitative estimate of drug-likeness (QED) is 0.282. The first kappa shape index (κ1) is 15.1. The third kappa shape index (κ3) is 7.40. The van der Waals surface area contributed by atoms with Gasteiger partial charge in [-0.15, -0.1) is 0 Å². The van der Waals surface area contributed by atoms with Gasteiger partial charge in [-0.1, -0.05) is 19.9 Å². The highest BCUT2D eigenvalue weighted by Gasteiger charge is 2.19. The maximum absolute atomic E-state index is 5.75. The van der Waals surface area contributed by atoms with Gasteiger partial charge in [-0.05, 0) is 26.1 Å². The first-order valence-corrected chi connectivity index (χ1v) is 9.05. The van der Waals surface area contributed by atoms with Crippen molar-refractivity contribution in [1.82, 2.24) is 0 Å². The number of ether oxygens (including phenoxy) is 2. The lowest BCUT2D eigenvalue weighted by atomic mass is 10.3. The maximum atomic E-state index is 5.75. The Kier molecular flexibility index (Phi) is 6.97. The minimum atomic E-state index is -1.64. The van der Waals surface area contributed by atoms with Crippen LogP contribution in [0.25, 0.3) is 0 Å². The second-order valence-corrected chi connectivity index (χ2v) is 8.99. The van der Waals surface area contributed by atoms with Crippen molar-refractivity contribution < 1.29 is 13.9 Å². The van der Waals surface area contributed by atoms with Crippen LogP contribution in [0.5, 0.6) is 0 Å². The highest BCUT2D eigenvalue weighted by atomic mass is 28.4. The smallest absolute Gasteiger partial charge is 0.242 e. The number of hydrogen-bond acceptors (Lipinski definition) is 3. The van der Waals surface area contributed by atoms with Crippen LogP contribution in [0.1, 0.15) is 19.8 Å². The zero-order chi connectivity index (χ0) is 12.6. The summed E-state index contributed by atoms with van der Waals surface area (Å²) >= 11 is 0. The van der Waals surface area contributed by atoms with Crippen molar-refractivity contribution in [2.24, 2.45) is 0 Å². The van der Waals surface area contributed by atoms with Crippen LogP contribution in [0.3, 0.4) is 0 Å². The predicted octanol–water partition coefficient (Wildman–Crippen LogP) is 3.66. The molecule has 0 unspecified atom stereocenters. The van der Waals surface area contributed by atoms with E-state index in [1.807, 2.05) is 0 Å². The Hall–Kier alpha value is -0.903. The Balaban J connectivity index is 4.31. The van der Waals surface area contributed by atoms with Crippen LogP contribution in [0.4, 0.5) is 0 Å². The van der Waals surface area contributed by atoms with E-state index in [0.717, 1.165) is 12.8 Å². The zero-order valence-corrected chi connectivity index (χ0v) is 12.1. The molecule has 16 heavy (non-hydrogen) atoms. The van der Waals surface area contributed by atoms with E-state index < -0.39 is 8.32 Å². The SMILES string of the molecule is C=C(O[Si](C)(C)C)C(=COC)OCCCC. The highest BCUT2D eigenvalue weighted by molar-refractivity contribution is 6.70. The molecule has 0 aliphatic rings. The van der Waals surface area contributed by atoms with Gasteiger partial charge in [-0.2, -0.15) is 0 Å². The Morgan fingerprint density at radius 1 is 1.31 bits per heavy atom. The summed E-state index contributed by atoms with van der Waals surface area (Å²) in [6.07, 6.45) is 3.65. The summed E-state index contributed by atoms with van der Waals surface area (Å²) in [7, 11) is -0.0473. The van der Waals surface area contributed by atoms with E-state index >= 15 is 0 Å². The Labute approximate surface area is 100 Å². The fraction of sp³-hybridized carbons (Fsp3) is 0.667. The molecule has 0 saturated carbocycles. The van der Waals surface area contributed by atoms with Crippen LogP contribution in [-0.4, -0.2) is 22.0 Å². The molecule has 0 spiro atoms. The molecule has 94 valence electrons. The third-order valence-corrected chi connectivity index (χ3v) is 2.54. The van der Waals surface area contributed by atoms with Gasteiger partial charge >= 0.3 is 0 Å². The van der Waals surface area contributed by atoms with Gasteiger partial charge < -0.3 is 13.9 Å². The molecule has 0 aromatic carbocycles. The molecule has 0 aromatic heterocycles. The summed E-state index contributed by atoms with van der Waals surface area (Å²) in [5, 5.41) is 0. The van der Waals surface area contributed by atoms with Gasteiger partial charge in [0.25, 0.3) is 0 Å². The lowest BCUT2D eigenvalue weighted by molar-refractivity contribution is 0.176. The standard InChI is InChI=1S/C12H24O3Si/c1-7-8-9-14-12(10-13-3)11(2)15-16(4,5)6/h10H,2,7-9H2,1,3-6H3. The number of hydrogen-bond donors (Lipinski definition) is 0. The van der Waals surface area contributed by atoms with E-state index in [-0.39, 0.29) is 0 Å². The van der Waals surface area contributed by atoms with Crippen molar-refractivity contribution >= 4 is 8.32 Å². The van der Waals surface area contributed by atoms with Gasteiger partial charge in [0, 0.05) is 0 Å². The van der Waals surface area contributed by atoms with E-state index in [0.29, 0.717) is 18.1 Å². The summed E-state index contributed by atoms with van der Waals surface area (Å²) in [6, 6.07) is 0. The zero-order valence-electron chi connectivity index (χ0n) is 11.1. The number of methoxy groups -OCH3 is 1. The van der Waals surface area contributed by atoms with Crippen LogP contribution in [-0.2, 0) is 13.9 Å². The topological polar surface area (TPSA) is 27.7 Å². The van der Waals surface area contributed by atoms with Crippen molar-refractivity contribution in [2.75, 3.05) is 13.7 Å². The molecule has 0 radical (unpaired) electrons. The molecule has 0 N–H and O–H groups in total. The van der Waals surface area contributed by atoms with Crippen LogP contribution in [0, 0.1) is 0 Å². The molecule has 0 heterocycles. The monoisotopic (exact) mass is 244 g/mol. The summed E-state index contributed by atoms with van der Waals surface area (Å²) < 4.78 is 16.3. The molecule has 0 aromatic rings. The van der Waals surface area contributed by atoms with E-state index in [2.05, 4.69) is 33.1 Å². The number of rotatable bonds is 8. The van der Waals surface area contributed by atoms with Crippen molar-refractivity contribution in [2.45, 2.75) is 39.4 Å². The molecule has 3 nitrogen and oxygen atoms in total. The summed E-state index contributed by atoms with van der Waals surface area (Å²) in [6.45, 7) is 13.0. The van der Waals surface area contributed by atoms with Gasteiger partial charge in [0.05, 0.1) is 13.7 Å². The molecule has 0 aliphatic carbocycles. The second-order valence-electron chi connectivity index (χ2n) is 4.56. The molecular weight excluding hydrogens is 220 g/mol. The van der Waals surface area contributed by atoms with Gasteiger partial charge in [0.1, 0.15) is 12.0 Å². The van der Waals surface area contributed by atoms with Crippen LogP contribution < -0.4 is 0 Å². The molecule has 4 heteroatoms. The second kappa shape index (κ2) is 7.38. The van der Waals surface area contributed by atoms with Gasteiger partial charge in [0.2, 0.25) is 8.32 Å². The minimum Gasteiger partial charge on any atom is -0.542 e. The molecule has 0 rings (SSSR count). The van der Waals surface area contributed by atoms with E-state index in [1.165, 1.54) is 6.26 Å². The fourth-order valence-electron chi connectivity index (χ4n) is 1.03. The van der Waals surface area contributed by atoms with Crippen molar-refractivity contribution in [3.05, 3.63) is 24.4 Å². The lowest BCUT2D eigenvalue weighted by Crippen LogP contribution is -2.25. The van der Waals surface area contributed by atoms with E-state index in [4.69, 9.17) is 13.9 Å². The normalized spacial score (nSPS) is 12.2. The van der Waals surface area contributed by atoms with Crippen LogP contribution in [0.2, 0.25) is 19.6 Å². The highest BCUT2D eigenvalue weighted by Crippen LogP contribution is 2.17. The predicted molar refractivity (Wildman–Crippen MR) is 69.5 cm³/mol. The summed E-state index contributed by atoms with van der Waals surface area (Å²) in [5.41, 5.74) is 0. The van der Waals surface area contributed by atoms with E-state index in [9.17, 15) is 0 Å². The van der Waals surface area contributed by atoms with Crippen LogP contribution in [0.15, 0.2) is 24.4 Å². The maximum Gasteiger partial charge on any atom is 0.242 e. The molecule has 0 atom stereocenters. The average Bonchev–Trinajstić information content (AvgIpc) is 2.14. The van der Waals surface area contributed by atoms with Crippen molar-refractivity contribution in [3.8, 4) is 0 Å². The Morgan fingerprint density at radius 3 is 2.38 bits per heavy atom.